The Hall–Kier alpha value is -2.61. The number of aromatic amines is 1. The molecule has 0 atom stereocenters. The van der Waals surface area contributed by atoms with Gasteiger partial charge in [0.15, 0.2) is 5.69 Å². The Bertz CT molecular complexity index is 819. The standard InChI is InChI=1S/C17H19N5/c1-12(2)7-8-22-17(16(10-18)20-21-22)9-13-11-19-15-6-4-3-5-14(13)15/h3-6,11-12,19H,7-9H2,1-2H3. The summed E-state index contributed by atoms with van der Waals surface area (Å²) in [5, 5.41) is 18.6. The summed E-state index contributed by atoms with van der Waals surface area (Å²) in [6.07, 6.45) is 3.69. The molecule has 22 heavy (non-hydrogen) atoms. The maximum atomic E-state index is 9.28. The molecule has 3 aromatic rings. The van der Waals surface area contributed by atoms with Crippen LogP contribution in [0.4, 0.5) is 0 Å². The Morgan fingerprint density at radius 3 is 2.91 bits per heavy atom. The minimum atomic E-state index is 0.425. The zero-order chi connectivity index (χ0) is 15.5. The van der Waals surface area contributed by atoms with Gasteiger partial charge in [-0.1, -0.05) is 37.3 Å². The van der Waals surface area contributed by atoms with Crippen molar-refractivity contribution in [2.75, 3.05) is 0 Å². The Labute approximate surface area is 129 Å². The van der Waals surface area contributed by atoms with Gasteiger partial charge in [-0.2, -0.15) is 5.26 Å². The predicted octanol–water partition coefficient (Wildman–Crippen LogP) is 3.27. The smallest absolute Gasteiger partial charge is 0.186 e. The molecule has 0 aliphatic rings. The summed E-state index contributed by atoms with van der Waals surface area (Å²) >= 11 is 0. The van der Waals surface area contributed by atoms with Crippen LogP contribution in [0.1, 0.15) is 37.2 Å². The van der Waals surface area contributed by atoms with Gasteiger partial charge in [0, 0.05) is 30.1 Å². The Morgan fingerprint density at radius 1 is 1.32 bits per heavy atom. The van der Waals surface area contributed by atoms with E-state index in [0.29, 0.717) is 18.0 Å². The summed E-state index contributed by atoms with van der Waals surface area (Å²) in [6.45, 7) is 5.16. The number of rotatable bonds is 5. The van der Waals surface area contributed by atoms with Crippen molar-refractivity contribution in [3.63, 3.8) is 0 Å². The molecule has 0 spiro atoms. The molecule has 0 bridgehead atoms. The zero-order valence-electron chi connectivity index (χ0n) is 12.9. The second-order valence-corrected chi connectivity index (χ2v) is 5.94. The van der Waals surface area contributed by atoms with Crippen LogP contribution in [0, 0.1) is 17.2 Å². The lowest BCUT2D eigenvalue weighted by molar-refractivity contribution is 0.469. The van der Waals surface area contributed by atoms with E-state index in [4.69, 9.17) is 0 Å². The molecule has 2 aromatic heterocycles. The van der Waals surface area contributed by atoms with Gasteiger partial charge in [0.05, 0.1) is 5.69 Å². The van der Waals surface area contributed by atoms with Crippen molar-refractivity contribution in [3.05, 3.63) is 47.4 Å². The molecule has 0 saturated carbocycles. The quantitative estimate of drug-likeness (QED) is 0.785. The van der Waals surface area contributed by atoms with Crippen molar-refractivity contribution < 1.29 is 0 Å². The molecule has 5 nitrogen and oxygen atoms in total. The topological polar surface area (TPSA) is 70.3 Å². The lowest BCUT2D eigenvalue weighted by atomic mass is 10.1. The largest absolute Gasteiger partial charge is 0.361 e. The molecule has 0 saturated heterocycles. The van der Waals surface area contributed by atoms with Crippen molar-refractivity contribution in [2.45, 2.75) is 33.2 Å². The molecule has 0 aliphatic carbocycles. The third kappa shape index (κ3) is 2.73. The van der Waals surface area contributed by atoms with Gasteiger partial charge in [-0.15, -0.1) is 5.10 Å². The minimum Gasteiger partial charge on any atom is -0.361 e. The summed E-state index contributed by atoms with van der Waals surface area (Å²) in [4.78, 5) is 3.27. The van der Waals surface area contributed by atoms with E-state index in [2.05, 4.69) is 47.3 Å². The van der Waals surface area contributed by atoms with Crippen LogP contribution in [-0.4, -0.2) is 20.0 Å². The minimum absolute atomic E-state index is 0.425. The highest BCUT2D eigenvalue weighted by Gasteiger charge is 2.15. The number of hydrogen-bond acceptors (Lipinski definition) is 3. The van der Waals surface area contributed by atoms with Crippen LogP contribution in [0.3, 0.4) is 0 Å². The van der Waals surface area contributed by atoms with Crippen molar-refractivity contribution in [1.82, 2.24) is 20.0 Å². The van der Waals surface area contributed by atoms with Gasteiger partial charge in [-0.25, -0.2) is 4.68 Å². The van der Waals surface area contributed by atoms with Crippen molar-refractivity contribution >= 4 is 10.9 Å². The summed E-state index contributed by atoms with van der Waals surface area (Å²) < 4.78 is 1.88. The van der Waals surface area contributed by atoms with E-state index in [9.17, 15) is 5.26 Å². The first-order valence-corrected chi connectivity index (χ1v) is 7.56. The summed E-state index contributed by atoms with van der Waals surface area (Å²) in [5.74, 6) is 0.593. The van der Waals surface area contributed by atoms with Crippen LogP contribution in [0.5, 0.6) is 0 Å². The van der Waals surface area contributed by atoms with E-state index in [0.717, 1.165) is 24.2 Å². The van der Waals surface area contributed by atoms with Gasteiger partial charge in [-0.05, 0) is 24.0 Å². The molecule has 1 N–H and O–H groups in total. The van der Waals surface area contributed by atoms with E-state index < -0.39 is 0 Å². The number of nitriles is 1. The van der Waals surface area contributed by atoms with Gasteiger partial charge in [0.25, 0.3) is 0 Å². The Morgan fingerprint density at radius 2 is 2.14 bits per heavy atom. The molecule has 1 aromatic carbocycles. The Balaban J connectivity index is 1.94. The Kier molecular flexibility index (Phi) is 3.92. The normalized spacial score (nSPS) is 11.2. The van der Waals surface area contributed by atoms with Gasteiger partial charge < -0.3 is 4.98 Å². The van der Waals surface area contributed by atoms with Crippen LogP contribution >= 0.6 is 0 Å². The molecule has 0 unspecified atom stereocenters. The molecule has 0 aliphatic heterocycles. The SMILES string of the molecule is CC(C)CCn1nnc(C#N)c1Cc1c[nH]c2ccccc12. The first-order chi connectivity index (χ1) is 10.7. The summed E-state index contributed by atoms with van der Waals surface area (Å²) in [7, 11) is 0. The summed E-state index contributed by atoms with van der Waals surface area (Å²) in [5.41, 5.74) is 3.60. The number of benzene rings is 1. The number of aromatic nitrogens is 4. The molecule has 0 radical (unpaired) electrons. The molecule has 3 rings (SSSR count). The lowest BCUT2D eigenvalue weighted by Gasteiger charge is -2.08. The lowest BCUT2D eigenvalue weighted by Crippen LogP contribution is -2.08. The van der Waals surface area contributed by atoms with Crippen LogP contribution in [-0.2, 0) is 13.0 Å². The van der Waals surface area contributed by atoms with Crippen molar-refractivity contribution in [1.29, 1.82) is 5.26 Å². The second-order valence-electron chi connectivity index (χ2n) is 5.94. The van der Waals surface area contributed by atoms with E-state index in [1.54, 1.807) is 0 Å². The van der Waals surface area contributed by atoms with Crippen LogP contribution in [0.15, 0.2) is 30.5 Å². The maximum absolute atomic E-state index is 9.28. The molecule has 0 fully saturated rings. The highest BCUT2D eigenvalue weighted by Crippen LogP contribution is 2.22. The van der Waals surface area contributed by atoms with Gasteiger partial charge in [-0.3, -0.25) is 0 Å². The van der Waals surface area contributed by atoms with Gasteiger partial charge >= 0.3 is 0 Å². The van der Waals surface area contributed by atoms with Gasteiger partial charge in [0.1, 0.15) is 6.07 Å². The van der Waals surface area contributed by atoms with Gasteiger partial charge in [0.2, 0.25) is 0 Å². The molecular weight excluding hydrogens is 274 g/mol. The predicted molar refractivity (Wildman–Crippen MR) is 85.3 cm³/mol. The fourth-order valence-corrected chi connectivity index (χ4v) is 2.61. The summed E-state index contributed by atoms with van der Waals surface area (Å²) in [6, 6.07) is 10.3. The fourth-order valence-electron chi connectivity index (χ4n) is 2.61. The van der Waals surface area contributed by atoms with Crippen LogP contribution in [0.2, 0.25) is 0 Å². The number of para-hydroxylation sites is 1. The number of nitrogens with zero attached hydrogens (tertiary/aromatic N) is 4. The molecule has 112 valence electrons. The highest BCUT2D eigenvalue weighted by atomic mass is 15.4. The van der Waals surface area contributed by atoms with Crippen LogP contribution < -0.4 is 0 Å². The number of hydrogen-bond donors (Lipinski definition) is 1. The van der Waals surface area contributed by atoms with Crippen LogP contribution in [0.25, 0.3) is 10.9 Å². The second kappa shape index (κ2) is 6.02. The van der Waals surface area contributed by atoms with E-state index in [1.807, 2.05) is 23.0 Å². The number of aryl methyl sites for hydroxylation is 1. The maximum Gasteiger partial charge on any atom is 0.186 e. The average molecular weight is 293 g/mol. The highest BCUT2D eigenvalue weighted by molar-refractivity contribution is 5.83. The molecule has 0 amide bonds. The molecular formula is C17H19N5. The molecule has 5 heteroatoms. The van der Waals surface area contributed by atoms with E-state index in [1.165, 1.54) is 10.9 Å². The zero-order valence-corrected chi connectivity index (χ0v) is 12.9. The number of H-pyrrole nitrogens is 1. The average Bonchev–Trinajstić information content (AvgIpc) is 3.10. The first-order valence-electron chi connectivity index (χ1n) is 7.56. The monoisotopic (exact) mass is 293 g/mol. The third-order valence-corrected chi connectivity index (χ3v) is 3.89. The van der Waals surface area contributed by atoms with Crippen molar-refractivity contribution in [2.24, 2.45) is 5.92 Å². The van der Waals surface area contributed by atoms with E-state index >= 15 is 0 Å². The number of nitrogens with one attached hydrogen (secondary N) is 1. The van der Waals surface area contributed by atoms with E-state index in [-0.39, 0.29) is 0 Å². The first kappa shape index (κ1) is 14.3. The number of fused-ring (bicyclic) bond motifs is 1. The fraction of sp³-hybridized carbons (Fsp3) is 0.353. The molecule has 2 heterocycles. The third-order valence-electron chi connectivity index (χ3n) is 3.89. The van der Waals surface area contributed by atoms with Crippen molar-refractivity contribution in [3.8, 4) is 6.07 Å².